The third kappa shape index (κ3) is 1.54. The lowest BCUT2D eigenvalue weighted by molar-refractivity contribution is -0.547. The number of hydrogen-bond acceptors (Lipinski definition) is 6. The predicted octanol–water partition coefficient (Wildman–Crippen LogP) is -2.01. The van der Waals surface area contributed by atoms with Gasteiger partial charge in [0.1, 0.15) is 13.2 Å². The highest BCUT2D eigenvalue weighted by atomic mass is 32.2. The first-order chi connectivity index (χ1) is 5.31. The number of rotatable bonds is 4. The maximum atomic E-state index is 10.8. The van der Waals surface area contributed by atoms with Crippen LogP contribution in [0.5, 0.6) is 0 Å². The summed E-state index contributed by atoms with van der Waals surface area (Å²) in [6, 6.07) is 0. The van der Waals surface area contributed by atoms with Crippen molar-refractivity contribution in [2.24, 2.45) is 0 Å². The fraction of sp³-hybridized carbons (Fsp3) is 1.00. The van der Waals surface area contributed by atoms with Crippen LogP contribution in [0.15, 0.2) is 0 Å². The molecule has 0 atom stereocenters. The molecule has 0 heterocycles. The molecule has 0 aliphatic rings. The maximum absolute atomic E-state index is 10.8. The van der Waals surface area contributed by atoms with Crippen LogP contribution in [-0.2, 0) is 9.84 Å². The number of nitro groups is 1. The lowest BCUT2D eigenvalue weighted by Gasteiger charge is -2.17. The first-order valence-electron chi connectivity index (χ1n) is 2.87. The van der Waals surface area contributed by atoms with E-state index in [9.17, 15) is 18.5 Å². The Bertz CT molecular complexity index is 265. The van der Waals surface area contributed by atoms with Crippen molar-refractivity contribution in [2.75, 3.05) is 19.5 Å². The van der Waals surface area contributed by atoms with E-state index in [4.69, 9.17) is 10.2 Å². The molecule has 0 aromatic heterocycles. The second-order valence-corrected chi connectivity index (χ2v) is 4.60. The Morgan fingerprint density at radius 2 is 1.75 bits per heavy atom. The predicted molar refractivity (Wildman–Crippen MR) is 38.7 cm³/mol. The maximum Gasteiger partial charge on any atom is 0.363 e. The summed E-state index contributed by atoms with van der Waals surface area (Å²) in [5.41, 5.74) is 0. The SMILES string of the molecule is CS(=O)(=O)C(CO)(CO)[N+](=O)[O-]. The highest BCUT2D eigenvalue weighted by Gasteiger charge is 2.52. The van der Waals surface area contributed by atoms with Gasteiger partial charge < -0.3 is 10.2 Å². The van der Waals surface area contributed by atoms with Crippen molar-refractivity contribution in [3.8, 4) is 0 Å². The molecule has 7 nitrogen and oxygen atoms in total. The van der Waals surface area contributed by atoms with Gasteiger partial charge in [0.25, 0.3) is 0 Å². The molecule has 8 heteroatoms. The molecule has 0 bridgehead atoms. The van der Waals surface area contributed by atoms with E-state index in [0.29, 0.717) is 6.26 Å². The van der Waals surface area contributed by atoms with Gasteiger partial charge in [-0.05, 0) is 0 Å². The van der Waals surface area contributed by atoms with Gasteiger partial charge >= 0.3 is 4.87 Å². The number of sulfone groups is 1. The summed E-state index contributed by atoms with van der Waals surface area (Å²) in [6.45, 7) is -2.48. The zero-order valence-corrected chi connectivity index (χ0v) is 7.11. The van der Waals surface area contributed by atoms with Crippen LogP contribution in [0.2, 0.25) is 0 Å². The molecule has 0 aliphatic heterocycles. The number of aliphatic hydroxyl groups is 2. The largest absolute Gasteiger partial charge is 0.388 e. The summed E-state index contributed by atoms with van der Waals surface area (Å²) in [5, 5.41) is 27.2. The van der Waals surface area contributed by atoms with E-state index in [0.717, 1.165) is 0 Å². The molecule has 72 valence electrons. The molecule has 12 heavy (non-hydrogen) atoms. The summed E-state index contributed by atoms with van der Waals surface area (Å²) in [7, 11) is -4.12. The van der Waals surface area contributed by atoms with Crippen molar-refractivity contribution in [1.29, 1.82) is 0 Å². The minimum absolute atomic E-state index is 0.586. The van der Waals surface area contributed by atoms with E-state index in [1.807, 2.05) is 0 Å². The van der Waals surface area contributed by atoms with Gasteiger partial charge in [0.05, 0.1) is 0 Å². The molecule has 0 saturated carbocycles. The smallest absolute Gasteiger partial charge is 0.363 e. The molecular formula is C4H9NO6S. The molecule has 0 saturated heterocycles. The summed E-state index contributed by atoms with van der Waals surface area (Å²) >= 11 is 0. The topological polar surface area (TPSA) is 118 Å². The fourth-order valence-electron chi connectivity index (χ4n) is 0.535. The third-order valence-electron chi connectivity index (χ3n) is 1.52. The molecule has 0 unspecified atom stereocenters. The highest BCUT2D eigenvalue weighted by Crippen LogP contribution is 2.15. The van der Waals surface area contributed by atoms with Crippen LogP contribution in [-0.4, -0.2) is 47.9 Å². The van der Waals surface area contributed by atoms with Gasteiger partial charge in [0.15, 0.2) is 0 Å². The first-order valence-corrected chi connectivity index (χ1v) is 4.77. The Labute approximate surface area is 68.7 Å². The molecule has 0 aromatic rings. The van der Waals surface area contributed by atoms with Crippen LogP contribution in [0, 0.1) is 10.1 Å². The summed E-state index contributed by atoms with van der Waals surface area (Å²) in [4.78, 5) is 6.36. The van der Waals surface area contributed by atoms with E-state index in [1.165, 1.54) is 0 Å². The van der Waals surface area contributed by atoms with Gasteiger partial charge in [-0.3, -0.25) is 10.1 Å². The Balaban J connectivity index is 5.27. The molecule has 0 amide bonds. The average molecular weight is 199 g/mol. The number of nitrogens with zero attached hydrogens (tertiary/aromatic N) is 1. The Hall–Kier alpha value is -0.730. The van der Waals surface area contributed by atoms with Crippen LogP contribution in [0.1, 0.15) is 0 Å². The minimum Gasteiger partial charge on any atom is -0.388 e. The molecule has 0 spiro atoms. The Morgan fingerprint density at radius 3 is 1.75 bits per heavy atom. The summed E-state index contributed by atoms with van der Waals surface area (Å²) in [6.07, 6.45) is 0.586. The molecule has 0 fully saturated rings. The van der Waals surface area contributed by atoms with Gasteiger partial charge in [0.2, 0.25) is 9.84 Å². The third-order valence-corrected chi connectivity index (χ3v) is 3.30. The van der Waals surface area contributed by atoms with E-state index in [2.05, 4.69) is 0 Å². The van der Waals surface area contributed by atoms with E-state index >= 15 is 0 Å². The van der Waals surface area contributed by atoms with E-state index in [-0.39, 0.29) is 0 Å². The number of aliphatic hydroxyl groups excluding tert-OH is 2. The van der Waals surface area contributed by atoms with Gasteiger partial charge in [0, 0.05) is 11.2 Å². The second kappa shape index (κ2) is 3.33. The zero-order chi connectivity index (χ0) is 9.99. The van der Waals surface area contributed by atoms with Crippen molar-refractivity contribution in [3.63, 3.8) is 0 Å². The number of hydrogen-bond donors (Lipinski definition) is 2. The standard InChI is InChI=1S/C4H9NO6S/c1-12(10,11)4(2-6,3-7)5(8)9/h6-7H,2-3H2,1H3. The molecule has 0 rings (SSSR count). The normalized spacial score (nSPS) is 12.9. The summed E-state index contributed by atoms with van der Waals surface area (Å²) in [5.74, 6) is 0. The molecule has 0 radical (unpaired) electrons. The zero-order valence-electron chi connectivity index (χ0n) is 6.30. The fourth-order valence-corrected chi connectivity index (χ4v) is 1.28. The quantitative estimate of drug-likeness (QED) is 0.399. The minimum atomic E-state index is -4.12. The van der Waals surface area contributed by atoms with Crippen molar-refractivity contribution in [3.05, 3.63) is 10.1 Å². The summed E-state index contributed by atoms with van der Waals surface area (Å²) < 4.78 is 21.6. The van der Waals surface area contributed by atoms with Gasteiger partial charge in [-0.15, -0.1) is 0 Å². The average Bonchev–Trinajstić information content (AvgIpc) is 1.87. The monoisotopic (exact) mass is 199 g/mol. The van der Waals surface area contributed by atoms with Crippen LogP contribution >= 0.6 is 0 Å². The lowest BCUT2D eigenvalue weighted by Crippen LogP contribution is -2.52. The van der Waals surface area contributed by atoms with E-state index < -0.39 is 32.8 Å². The second-order valence-electron chi connectivity index (χ2n) is 2.29. The van der Waals surface area contributed by atoms with Crippen LogP contribution in [0.25, 0.3) is 0 Å². The molecule has 0 aliphatic carbocycles. The molecule has 0 aromatic carbocycles. The molecule has 2 N–H and O–H groups in total. The van der Waals surface area contributed by atoms with Gasteiger partial charge in [-0.1, -0.05) is 0 Å². The Morgan fingerprint density at radius 1 is 1.42 bits per heavy atom. The van der Waals surface area contributed by atoms with Gasteiger partial charge in [-0.25, -0.2) is 8.42 Å². The van der Waals surface area contributed by atoms with Crippen molar-refractivity contribution in [1.82, 2.24) is 0 Å². The first kappa shape index (κ1) is 11.3. The van der Waals surface area contributed by atoms with Gasteiger partial charge in [-0.2, -0.15) is 0 Å². The van der Waals surface area contributed by atoms with Crippen molar-refractivity contribution in [2.45, 2.75) is 4.87 Å². The van der Waals surface area contributed by atoms with Crippen molar-refractivity contribution < 1.29 is 23.6 Å². The highest BCUT2D eigenvalue weighted by molar-refractivity contribution is 7.91. The molecular weight excluding hydrogens is 190 g/mol. The van der Waals surface area contributed by atoms with Crippen LogP contribution in [0.4, 0.5) is 0 Å². The Kier molecular flexibility index (Phi) is 3.13. The lowest BCUT2D eigenvalue weighted by atomic mass is 10.3. The van der Waals surface area contributed by atoms with Crippen LogP contribution < -0.4 is 0 Å². The van der Waals surface area contributed by atoms with Crippen molar-refractivity contribution >= 4 is 9.84 Å². The van der Waals surface area contributed by atoms with E-state index in [1.54, 1.807) is 0 Å². The van der Waals surface area contributed by atoms with Crippen LogP contribution in [0.3, 0.4) is 0 Å².